The Morgan fingerprint density at radius 1 is 1.18 bits per heavy atom. The van der Waals surface area contributed by atoms with Crippen LogP contribution in [0.4, 0.5) is 0 Å². The van der Waals surface area contributed by atoms with Crippen molar-refractivity contribution in [3.8, 4) is 11.5 Å². The van der Waals surface area contributed by atoms with E-state index in [1.165, 1.54) is 0 Å². The molecule has 1 aromatic carbocycles. The van der Waals surface area contributed by atoms with Crippen molar-refractivity contribution in [3.05, 3.63) is 23.8 Å². The van der Waals surface area contributed by atoms with E-state index in [9.17, 15) is 4.79 Å². The average molecular weight is 238 g/mol. The Labute approximate surface area is 101 Å². The van der Waals surface area contributed by atoms with Crippen LogP contribution in [0.5, 0.6) is 11.5 Å². The molecular formula is C13H18O4. The summed E-state index contributed by atoms with van der Waals surface area (Å²) < 4.78 is 10.5. The molecule has 0 amide bonds. The molecule has 0 spiro atoms. The third-order valence-corrected chi connectivity index (χ3v) is 3.06. The fraction of sp³-hybridized carbons (Fsp3) is 0.462. The average Bonchev–Trinajstić information content (AvgIpc) is 2.35. The van der Waals surface area contributed by atoms with E-state index in [0.29, 0.717) is 11.5 Å². The van der Waals surface area contributed by atoms with Crippen molar-refractivity contribution in [2.45, 2.75) is 19.8 Å². The predicted molar refractivity (Wildman–Crippen MR) is 64.8 cm³/mol. The summed E-state index contributed by atoms with van der Waals surface area (Å²) in [5, 5.41) is 9.06. The summed E-state index contributed by atoms with van der Waals surface area (Å²) in [6.45, 7) is 3.54. The van der Waals surface area contributed by atoms with Gasteiger partial charge in [-0.1, -0.05) is 19.9 Å². The van der Waals surface area contributed by atoms with Gasteiger partial charge in [0.25, 0.3) is 0 Å². The van der Waals surface area contributed by atoms with Gasteiger partial charge in [0.2, 0.25) is 0 Å². The fourth-order valence-corrected chi connectivity index (χ4v) is 1.79. The minimum Gasteiger partial charge on any atom is -0.496 e. The predicted octanol–water partition coefficient (Wildman–Crippen LogP) is 2.53. The molecule has 17 heavy (non-hydrogen) atoms. The van der Waals surface area contributed by atoms with E-state index < -0.39 is 11.9 Å². The molecule has 0 aliphatic carbocycles. The number of aliphatic carboxylic acids is 1. The van der Waals surface area contributed by atoms with Crippen LogP contribution in [0, 0.1) is 5.92 Å². The first-order valence-electron chi connectivity index (χ1n) is 5.46. The zero-order chi connectivity index (χ0) is 13.0. The normalized spacial score (nSPS) is 13.9. The van der Waals surface area contributed by atoms with E-state index >= 15 is 0 Å². The molecule has 0 aliphatic rings. The van der Waals surface area contributed by atoms with Crippen LogP contribution in [0.2, 0.25) is 0 Å². The molecule has 0 saturated heterocycles. The van der Waals surface area contributed by atoms with Crippen molar-refractivity contribution in [1.82, 2.24) is 0 Å². The standard InChI is InChI=1S/C13H18O4/c1-8(9(2)13(14)15)12-10(16-3)6-5-7-11(12)17-4/h5-9H,1-4H3,(H,14,15). The highest BCUT2D eigenvalue weighted by Crippen LogP contribution is 2.38. The van der Waals surface area contributed by atoms with Crippen LogP contribution in [-0.2, 0) is 4.79 Å². The van der Waals surface area contributed by atoms with Gasteiger partial charge in [0, 0.05) is 11.5 Å². The monoisotopic (exact) mass is 238 g/mol. The highest BCUT2D eigenvalue weighted by molar-refractivity contribution is 5.71. The van der Waals surface area contributed by atoms with Crippen LogP contribution in [-0.4, -0.2) is 25.3 Å². The number of carbonyl (C=O) groups is 1. The zero-order valence-electron chi connectivity index (χ0n) is 10.6. The molecule has 1 aromatic rings. The van der Waals surface area contributed by atoms with Gasteiger partial charge in [0.1, 0.15) is 11.5 Å². The SMILES string of the molecule is COc1cccc(OC)c1C(C)C(C)C(=O)O. The maximum absolute atomic E-state index is 11.0. The minimum atomic E-state index is -0.828. The summed E-state index contributed by atoms with van der Waals surface area (Å²) in [6.07, 6.45) is 0. The number of ether oxygens (including phenoxy) is 2. The van der Waals surface area contributed by atoms with Crippen LogP contribution in [0.3, 0.4) is 0 Å². The first-order valence-corrected chi connectivity index (χ1v) is 5.46. The van der Waals surface area contributed by atoms with Crippen molar-refractivity contribution in [2.75, 3.05) is 14.2 Å². The molecule has 2 atom stereocenters. The van der Waals surface area contributed by atoms with Gasteiger partial charge in [0.05, 0.1) is 20.1 Å². The Bertz CT molecular complexity index is 378. The van der Waals surface area contributed by atoms with Gasteiger partial charge in [-0.15, -0.1) is 0 Å². The highest BCUT2D eigenvalue weighted by Gasteiger charge is 2.26. The Morgan fingerprint density at radius 2 is 1.65 bits per heavy atom. The quantitative estimate of drug-likeness (QED) is 0.856. The van der Waals surface area contributed by atoms with Gasteiger partial charge >= 0.3 is 5.97 Å². The summed E-state index contributed by atoms with van der Waals surface area (Å²) >= 11 is 0. The fourth-order valence-electron chi connectivity index (χ4n) is 1.79. The molecule has 0 radical (unpaired) electrons. The molecule has 0 bridgehead atoms. The van der Waals surface area contributed by atoms with Crippen molar-refractivity contribution in [3.63, 3.8) is 0 Å². The van der Waals surface area contributed by atoms with Gasteiger partial charge in [-0.25, -0.2) is 0 Å². The maximum atomic E-state index is 11.0. The van der Waals surface area contributed by atoms with E-state index in [2.05, 4.69) is 0 Å². The van der Waals surface area contributed by atoms with E-state index in [0.717, 1.165) is 5.56 Å². The lowest BCUT2D eigenvalue weighted by atomic mass is 9.87. The highest BCUT2D eigenvalue weighted by atomic mass is 16.5. The smallest absolute Gasteiger partial charge is 0.306 e. The number of rotatable bonds is 5. The van der Waals surface area contributed by atoms with E-state index in [4.69, 9.17) is 14.6 Å². The summed E-state index contributed by atoms with van der Waals surface area (Å²) in [6, 6.07) is 5.44. The number of hydrogen-bond donors (Lipinski definition) is 1. The summed E-state index contributed by atoms with van der Waals surface area (Å²) in [4.78, 5) is 11.0. The maximum Gasteiger partial charge on any atom is 0.306 e. The van der Waals surface area contributed by atoms with Crippen LogP contribution < -0.4 is 9.47 Å². The molecule has 4 heteroatoms. The lowest BCUT2D eigenvalue weighted by Crippen LogP contribution is -2.17. The Kier molecular flexibility index (Phi) is 4.37. The molecule has 0 heterocycles. The van der Waals surface area contributed by atoms with Crippen molar-refractivity contribution in [1.29, 1.82) is 0 Å². The number of hydrogen-bond acceptors (Lipinski definition) is 3. The largest absolute Gasteiger partial charge is 0.496 e. The van der Waals surface area contributed by atoms with Gasteiger partial charge < -0.3 is 14.6 Å². The third-order valence-electron chi connectivity index (χ3n) is 3.06. The summed E-state index contributed by atoms with van der Waals surface area (Å²) in [7, 11) is 3.13. The molecule has 0 aromatic heterocycles. The number of carboxylic acid groups (broad SMARTS) is 1. The van der Waals surface area contributed by atoms with E-state index in [-0.39, 0.29) is 5.92 Å². The van der Waals surface area contributed by atoms with Gasteiger partial charge in [-0.2, -0.15) is 0 Å². The van der Waals surface area contributed by atoms with Crippen LogP contribution in [0.15, 0.2) is 18.2 Å². The van der Waals surface area contributed by atoms with Crippen molar-refractivity contribution >= 4 is 5.97 Å². The Morgan fingerprint density at radius 3 is 2.00 bits per heavy atom. The second-order valence-corrected chi connectivity index (χ2v) is 3.99. The summed E-state index contributed by atoms with van der Waals surface area (Å²) in [5.74, 6) is -0.195. The van der Waals surface area contributed by atoms with Crippen molar-refractivity contribution < 1.29 is 19.4 Å². The first-order chi connectivity index (χ1) is 8.02. The molecule has 0 saturated carbocycles. The second-order valence-electron chi connectivity index (χ2n) is 3.99. The topological polar surface area (TPSA) is 55.8 Å². The van der Waals surface area contributed by atoms with Gasteiger partial charge in [-0.3, -0.25) is 4.79 Å². The number of methoxy groups -OCH3 is 2. The molecule has 94 valence electrons. The number of carboxylic acids is 1. The Balaban J connectivity index is 3.22. The zero-order valence-corrected chi connectivity index (χ0v) is 10.6. The molecule has 1 rings (SSSR count). The molecular weight excluding hydrogens is 220 g/mol. The molecule has 2 unspecified atom stereocenters. The molecule has 4 nitrogen and oxygen atoms in total. The molecule has 1 N–H and O–H groups in total. The van der Waals surface area contributed by atoms with E-state index in [1.807, 2.05) is 25.1 Å². The lowest BCUT2D eigenvalue weighted by molar-refractivity contribution is -0.141. The minimum absolute atomic E-state index is 0.182. The molecule has 0 fully saturated rings. The van der Waals surface area contributed by atoms with Crippen LogP contribution in [0.1, 0.15) is 25.3 Å². The van der Waals surface area contributed by atoms with Gasteiger partial charge in [0.15, 0.2) is 0 Å². The van der Waals surface area contributed by atoms with Crippen molar-refractivity contribution in [2.24, 2.45) is 5.92 Å². The second kappa shape index (κ2) is 5.57. The Hall–Kier alpha value is -1.71. The number of benzene rings is 1. The third kappa shape index (κ3) is 2.70. The first kappa shape index (κ1) is 13.4. The lowest BCUT2D eigenvalue weighted by Gasteiger charge is -2.21. The van der Waals surface area contributed by atoms with Gasteiger partial charge in [-0.05, 0) is 12.1 Å². The molecule has 0 aliphatic heterocycles. The summed E-state index contributed by atoms with van der Waals surface area (Å²) in [5.41, 5.74) is 0.799. The van der Waals surface area contributed by atoms with Crippen LogP contribution >= 0.6 is 0 Å². The van der Waals surface area contributed by atoms with Crippen LogP contribution in [0.25, 0.3) is 0 Å². The van der Waals surface area contributed by atoms with E-state index in [1.54, 1.807) is 21.1 Å².